The van der Waals surface area contributed by atoms with Crippen LogP contribution in [0.5, 0.6) is 0 Å². The van der Waals surface area contributed by atoms with E-state index in [1.54, 1.807) is 0 Å². The fourth-order valence-electron chi connectivity index (χ4n) is 3.72. The van der Waals surface area contributed by atoms with Crippen molar-refractivity contribution in [1.29, 1.82) is 0 Å². The van der Waals surface area contributed by atoms with Crippen molar-refractivity contribution in [2.75, 3.05) is 0 Å². The molecule has 6 heteroatoms. The second-order valence-electron chi connectivity index (χ2n) is 6.85. The molecule has 0 spiro atoms. The lowest BCUT2D eigenvalue weighted by Crippen LogP contribution is -2.09. The molecule has 3 aromatic carbocycles. The molecule has 0 fully saturated rings. The van der Waals surface area contributed by atoms with Crippen LogP contribution in [0.25, 0.3) is 33.1 Å². The number of rotatable bonds is 3. The molecule has 0 amide bonds. The predicted octanol–water partition coefficient (Wildman–Crippen LogP) is 4.50. The molecular weight excluding hydrogens is 348 g/mol. The first-order valence-corrected chi connectivity index (χ1v) is 9.19. The Hall–Kier alpha value is -3.93. The highest BCUT2D eigenvalue weighted by atomic mass is 15.0. The summed E-state index contributed by atoms with van der Waals surface area (Å²) in [6.45, 7) is 0. The van der Waals surface area contributed by atoms with Crippen molar-refractivity contribution in [3.8, 4) is 0 Å². The van der Waals surface area contributed by atoms with Gasteiger partial charge in [-0.1, -0.05) is 36.4 Å². The van der Waals surface area contributed by atoms with Crippen molar-refractivity contribution in [3.63, 3.8) is 0 Å². The number of hydrogen-bond donors (Lipinski definition) is 3. The molecule has 3 N–H and O–H groups in total. The fourth-order valence-corrected chi connectivity index (χ4v) is 3.72. The fraction of sp³-hybridized carbons (Fsp3) is 0.0455. The third-order valence-corrected chi connectivity index (χ3v) is 5.04. The number of aromatic nitrogens is 6. The highest BCUT2D eigenvalue weighted by Gasteiger charge is 2.27. The van der Waals surface area contributed by atoms with Gasteiger partial charge in [0.2, 0.25) is 0 Å². The number of hydrogen-bond acceptors (Lipinski definition) is 3. The summed E-state index contributed by atoms with van der Waals surface area (Å²) in [6.07, 6.45) is 0. The van der Waals surface area contributed by atoms with E-state index < -0.39 is 0 Å². The Morgan fingerprint density at radius 2 is 0.786 bits per heavy atom. The van der Waals surface area contributed by atoms with E-state index in [9.17, 15) is 0 Å². The molecule has 0 aliphatic heterocycles. The van der Waals surface area contributed by atoms with Gasteiger partial charge in [-0.25, -0.2) is 15.0 Å². The van der Waals surface area contributed by atoms with Crippen molar-refractivity contribution in [3.05, 3.63) is 90.3 Å². The summed E-state index contributed by atoms with van der Waals surface area (Å²) in [4.78, 5) is 24.8. The van der Waals surface area contributed by atoms with E-state index in [0.717, 1.165) is 50.6 Å². The van der Waals surface area contributed by atoms with E-state index in [2.05, 4.69) is 15.0 Å². The molecule has 0 aliphatic carbocycles. The third kappa shape index (κ3) is 2.31. The topological polar surface area (TPSA) is 86.0 Å². The van der Waals surface area contributed by atoms with Gasteiger partial charge in [-0.05, 0) is 36.4 Å². The summed E-state index contributed by atoms with van der Waals surface area (Å²) in [5.41, 5.74) is 5.76. The van der Waals surface area contributed by atoms with E-state index in [-0.39, 0.29) is 5.92 Å². The largest absolute Gasteiger partial charge is 0.341 e. The number of imidazole rings is 3. The molecule has 134 valence electrons. The molecule has 6 aromatic rings. The minimum absolute atomic E-state index is 0.257. The van der Waals surface area contributed by atoms with E-state index in [0.29, 0.717) is 0 Å². The van der Waals surface area contributed by atoms with Crippen molar-refractivity contribution < 1.29 is 0 Å². The van der Waals surface area contributed by atoms with Gasteiger partial charge in [0.1, 0.15) is 23.4 Å². The second-order valence-corrected chi connectivity index (χ2v) is 6.85. The molecule has 0 atom stereocenters. The molecule has 0 saturated carbocycles. The molecule has 28 heavy (non-hydrogen) atoms. The van der Waals surface area contributed by atoms with Crippen molar-refractivity contribution in [2.24, 2.45) is 0 Å². The van der Waals surface area contributed by atoms with Crippen LogP contribution in [0.2, 0.25) is 0 Å². The SMILES string of the molecule is c1ccc2[nH]c(C(c3nc4ccccc4[nH]3)c3nc4ccccc4[nH]3)nc2c1. The molecule has 0 unspecified atom stereocenters. The standard InChI is InChI=1S/C22H16N6/c1-2-8-14-13(7-1)23-20(24-14)19(21-25-15-9-3-4-10-16(15)26-21)22-27-17-11-5-6-12-18(17)28-22/h1-12,19H,(H,23,24)(H,25,26)(H,27,28). The Balaban J connectivity index is 1.60. The Kier molecular flexibility index (Phi) is 3.13. The maximum Gasteiger partial charge on any atom is 0.133 e. The molecule has 0 saturated heterocycles. The lowest BCUT2D eigenvalue weighted by atomic mass is 10.1. The summed E-state index contributed by atoms with van der Waals surface area (Å²) in [7, 11) is 0. The van der Waals surface area contributed by atoms with E-state index in [1.807, 2.05) is 72.8 Å². The molecule has 0 aliphatic rings. The van der Waals surface area contributed by atoms with Gasteiger partial charge < -0.3 is 15.0 Å². The number of para-hydroxylation sites is 6. The lowest BCUT2D eigenvalue weighted by Gasteiger charge is -2.09. The first-order chi connectivity index (χ1) is 13.8. The van der Waals surface area contributed by atoms with E-state index >= 15 is 0 Å². The minimum Gasteiger partial charge on any atom is -0.341 e. The van der Waals surface area contributed by atoms with Gasteiger partial charge in [0.15, 0.2) is 0 Å². The lowest BCUT2D eigenvalue weighted by molar-refractivity contribution is 0.784. The van der Waals surface area contributed by atoms with Crippen LogP contribution in [0, 0.1) is 0 Å². The zero-order valence-electron chi connectivity index (χ0n) is 14.8. The monoisotopic (exact) mass is 364 g/mol. The van der Waals surface area contributed by atoms with E-state index in [1.165, 1.54) is 0 Å². The van der Waals surface area contributed by atoms with Gasteiger partial charge in [0, 0.05) is 0 Å². The molecule has 0 radical (unpaired) electrons. The molecule has 6 rings (SSSR count). The van der Waals surface area contributed by atoms with Gasteiger partial charge in [0.05, 0.1) is 33.1 Å². The number of fused-ring (bicyclic) bond motifs is 3. The van der Waals surface area contributed by atoms with Crippen LogP contribution in [0.15, 0.2) is 72.8 Å². The van der Waals surface area contributed by atoms with Crippen LogP contribution in [0.1, 0.15) is 23.4 Å². The van der Waals surface area contributed by atoms with Crippen LogP contribution in [0.3, 0.4) is 0 Å². The zero-order valence-corrected chi connectivity index (χ0v) is 14.8. The van der Waals surface area contributed by atoms with E-state index in [4.69, 9.17) is 15.0 Å². The Labute approximate surface area is 159 Å². The number of aromatic amines is 3. The van der Waals surface area contributed by atoms with Gasteiger partial charge in [-0.15, -0.1) is 0 Å². The maximum absolute atomic E-state index is 4.83. The van der Waals surface area contributed by atoms with Crippen LogP contribution in [0.4, 0.5) is 0 Å². The summed E-state index contributed by atoms with van der Waals surface area (Å²) >= 11 is 0. The number of H-pyrrole nitrogens is 3. The molecule has 3 heterocycles. The van der Waals surface area contributed by atoms with Gasteiger partial charge in [0.25, 0.3) is 0 Å². The molecular formula is C22H16N6. The highest BCUT2D eigenvalue weighted by molar-refractivity contribution is 5.78. The quantitative estimate of drug-likeness (QED) is 0.432. The van der Waals surface area contributed by atoms with Crippen LogP contribution < -0.4 is 0 Å². The van der Waals surface area contributed by atoms with Crippen molar-refractivity contribution in [1.82, 2.24) is 29.9 Å². The van der Waals surface area contributed by atoms with Gasteiger partial charge in [-0.2, -0.15) is 0 Å². The number of nitrogens with one attached hydrogen (secondary N) is 3. The Morgan fingerprint density at radius 3 is 1.11 bits per heavy atom. The number of nitrogens with zero attached hydrogens (tertiary/aromatic N) is 3. The summed E-state index contributed by atoms with van der Waals surface area (Å²) in [5, 5.41) is 0. The average Bonchev–Trinajstić information content (AvgIpc) is 3.44. The normalized spacial score (nSPS) is 11.9. The van der Waals surface area contributed by atoms with Gasteiger partial charge >= 0.3 is 0 Å². The molecule has 6 nitrogen and oxygen atoms in total. The summed E-state index contributed by atoms with van der Waals surface area (Å²) in [5.74, 6) is 2.16. The first-order valence-electron chi connectivity index (χ1n) is 9.19. The molecule has 0 bridgehead atoms. The number of benzene rings is 3. The van der Waals surface area contributed by atoms with Crippen LogP contribution >= 0.6 is 0 Å². The first kappa shape index (κ1) is 15.2. The van der Waals surface area contributed by atoms with Crippen LogP contribution in [-0.2, 0) is 0 Å². The van der Waals surface area contributed by atoms with Gasteiger partial charge in [-0.3, -0.25) is 0 Å². The van der Waals surface area contributed by atoms with Crippen molar-refractivity contribution >= 4 is 33.1 Å². The average molecular weight is 364 g/mol. The van der Waals surface area contributed by atoms with Crippen molar-refractivity contribution in [2.45, 2.75) is 5.92 Å². The predicted molar refractivity (Wildman–Crippen MR) is 109 cm³/mol. The minimum atomic E-state index is -0.257. The van der Waals surface area contributed by atoms with Crippen LogP contribution in [-0.4, -0.2) is 29.9 Å². The third-order valence-electron chi connectivity index (χ3n) is 5.04. The maximum atomic E-state index is 4.83. The second kappa shape index (κ2) is 5.79. The highest BCUT2D eigenvalue weighted by Crippen LogP contribution is 2.30. The zero-order chi connectivity index (χ0) is 18.5. The summed E-state index contributed by atoms with van der Waals surface area (Å²) < 4.78 is 0. The Morgan fingerprint density at radius 1 is 0.464 bits per heavy atom. The molecule has 3 aromatic heterocycles. The Bertz CT molecular complexity index is 1160. The smallest absolute Gasteiger partial charge is 0.133 e. The summed E-state index contributed by atoms with van der Waals surface area (Å²) in [6, 6.07) is 24.1.